The molecule has 0 aliphatic carbocycles. The van der Waals surface area contributed by atoms with Gasteiger partial charge in [0.15, 0.2) is 0 Å². The maximum atomic E-state index is 12.2. The summed E-state index contributed by atoms with van der Waals surface area (Å²) >= 11 is 0. The molecule has 0 spiro atoms. The standard InChI is InChI=1S/C13H13N3O2/c1-16(10-6-4-3-5-7-10)13(17)11-8-12(18-2)15-9-14-11/h3-9H,1-2H3. The largest absolute Gasteiger partial charge is 0.481 e. The van der Waals surface area contributed by atoms with Gasteiger partial charge in [-0.1, -0.05) is 18.2 Å². The highest BCUT2D eigenvalue weighted by Crippen LogP contribution is 2.15. The van der Waals surface area contributed by atoms with Gasteiger partial charge < -0.3 is 9.64 Å². The van der Waals surface area contributed by atoms with Gasteiger partial charge in [-0.05, 0) is 12.1 Å². The molecule has 0 atom stereocenters. The Labute approximate surface area is 105 Å². The lowest BCUT2D eigenvalue weighted by Crippen LogP contribution is -2.27. The molecule has 18 heavy (non-hydrogen) atoms. The number of hydrogen-bond donors (Lipinski definition) is 0. The SMILES string of the molecule is COc1cc(C(=O)N(C)c2ccccc2)ncn1. The number of methoxy groups -OCH3 is 1. The Morgan fingerprint density at radius 2 is 1.94 bits per heavy atom. The van der Waals surface area contributed by atoms with E-state index in [1.165, 1.54) is 24.4 Å². The molecule has 0 aliphatic heterocycles. The molecule has 0 saturated heterocycles. The zero-order chi connectivity index (χ0) is 13.0. The molecule has 2 aromatic rings. The number of rotatable bonds is 3. The molecule has 0 unspecified atom stereocenters. The van der Waals surface area contributed by atoms with E-state index in [1.54, 1.807) is 7.05 Å². The second-order valence-electron chi connectivity index (χ2n) is 3.65. The highest BCUT2D eigenvalue weighted by atomic mass is 16.5. The summed E-state index contributed by atoms with van der Waals surface area (Å²) in [6.07, 6.45) is 1.31. The van der Waals surface area contributed by atoms with Gasteiger partial charge in [0.25, 0.3) is 5.91 Å². The molecule has 92 valence electrons. The van der Waals surface area contributed by atoms with E-state index in [0.29, 0.717) is 11.6 Å². The lowest BCUT2D eigenvalue weighted by molar-refractivity contribution is 0.0987. The van der Waals surface area contributed by atoms with Crippen molar-refractivity contribution in [3.8, 4) is 5.88 Å². The van der Waals surface area contributed by atoms with Crippen molar-refractivity contribution < 1.29 is 9.53 Å². The molecule has 0 aliphatic rings. The van der Waals surface area contributed by atoms with Gasteiger partial charge in [-0.15, -0.1) is 0 Å². The van der Waals surface area contributed by atoms with Gasteiger partial charge in [-0.2, -0.15) is 0 Å². The highest BCUT2D eigenvalue weighted by Gasteiger charge is 2.15. The fraction of sp³-hybridized carbons (Fsp3) is 0.154. The van der Waals surface area contributed by atoms with Crippen LogP contribution in [0.25, 0.3) is 0 Å². The van der Waals surface area contributed by atoms with E-state index in [-0.39, 0.29) is 5.91 Å². The fourth-order valence-corrected chi connectivity index (χ4v) is 1.51. The van der Waals surface area contributed by atoms with E-state index >= 15 is 0 Å². The van der Waals surface area contributed by atoms with Gasteiger partial charge in [0.2, 0.25) is 5.88 Å². The summed E-state index contributed by atoms with van der Waals surface area (Å²) in [5.41, 5.74) is 1.10. The number of para-hydroxylation sites is 1. The molecular formula is C13H13N3O2. The topological polar surface area (TPSA) is 55.3 Å². The molecule has 5 heteroatoms. The van der Waals surface area contributed by atoms with Crippen molar-refractivity contribution in [1.29, 1.82) is 0 Å². The third-order valence-electron chi connectivity index (χ3n) is 2.52. The van der Waals surface area contributed by atoms with E-state index in [4.69, 9.17) is 4.74 Å². The van der Waals surface area contributed by atoms with E-state index in [1.807, 2.05) is 30.3 Å². The average Bonchev–Trinajstić information content (AvgIpc) is 2.46. The Hall–Kier alpha value is -2.43. The minimum atomic E-state index is -0.207. The van der Waals surface area contributed by atoms with Crippen LogP contribution in [0.15, 0.2) is 42.7 Å². The van der Waals surface area contributed by atoms with Crippen LogP contribution in [-0.4, -0.2) is 30.0 Å². The second-order valence-corrected chi connectivity index (χ2v) is 3.65. The third kappa shape index (κ3) is 2.45. The van der Waals surface area contributed by atoms with Crippen molar-refractivity contribution in [1.82, 2.24) is 9.97 Å². The van der Waals surface area contributed by atoms with Gasteiger partial charge in [0.05, 0.1) is 7.11 Å². The van der Waals surface area contributed by atoms with Crippen molar-refractivity contribution >= 4 is 11.6 Å². The summed E-state index contributed by atoms with van der Waals surface area (Å²) in [6, 6.07) is 10.9. The number of carbonyl (C=O) groups is 1. The molecule has 2 rings (SSSR count). The zero-order valence-corrected chi connectivity index (χ0v) is 10.2. The molecule has 1 aromatic carbocycles. The minimum absolute atomic E-state index is 0.207. The van der Waals surface area contributed by atoms with Crippen LogP contribution in [0.1, 0.15) is 10.5 Å². The summed E-state index contributed by atoms with van der Waals surface area (Å²) in [4.78, 5) is 21.5. The van der Waals surface area contributed by atoms with Crippen LogP contribution in [0.5, 0.6) is 5.88 Å². The summed E-state index contributed by atoms with van der Waals surface area (Å²) in [5.74, 6) is 0.164. The maximum absolute atomic E-state index is 12.2. The predicted octanol–water partition coefficient (Wildman–Crippen LogP) is 1.76. The highest BCUT2D eigenvalue weighted by molar-refractivity contribution is 6.04. The van der Waals surface area contributed by atoms with Gasteiger partial charge in [0.1, 0.15) is 12.0 Å². The van der Waals surface area contributed by atoms with Crippen LogP contribution in [0, 0.1) is 0 Å². The minimum Gasteiger partial charge on any atom is -0.481 e. The monoisotopic (exact) mass is 243 g/mol. The Morgan fingerprint density at radius 1 is 1.22 bits per heavy atom. The van der Waals surface area contributed by atoms with Crippen molar-refractivity contribution in [2.75, 3.05) is 19.1 Å². The number of amides is 1. The molecule has 1 amide bonds. The Bertz CT molecular complexity index is 543. The van der Waals surface area contributed by atoms with Crippen molar-refractivity contribution in [2.24, 2.45) is 0 Å². The quantitative estimate of drug-likeness (QED) is 0.824. The third-order valence-corrected chi connectivity index (χ3v) is 2.52. The van der Waals surface area contributed by atoms with Crippen molar-refractivity contribution in [3.63, 3.8) is 0 Å². The predicted molar refractivity (Wildman–Crippen MR) is 67.8 cm³/mol. The Balaban J connectivity index is 2.25. The first kappa shape index (κ1) is 12.0. The van der Waals surface area contributed by atoms with E-state index < -0.39 is 0 Å². The first-order chi connectivity index (χ1) is 8.72. The van der Waals surface area contributed by atoms with Crippen LogP contribution in [0.4, 0.5) is 5.69 Å². The molecule has 0 bridgehead atoms. The fourth-order valence-electron chi connectivity index (χ4n) is 1.51. The average molecular weight is 243 g/mol. The van der Waals surface area contributed by atoms with E-state index in [9.17, 15) is 4.79 Å². The maximum Gasteiger partial charge on any atom is 0.276 e. The first-order valence-corrected chi connectivity index (χ1v) is 5.41. The lowest BCUT2D eigenvalue weighted by Gasteiger charge is -2.16. The number of benzene rings is 1. The smallest absolute Gasteiger partial charge is 0.276 e. The number of aromatic nitrogens is 2. The summed E-state index contributed by atoms with van der Waals surface area (Å²) in [5, 5.41) is 0. The number of ether oxygens (including phenoxy) is 1. The molecule has 5 nitrogen and oxygen atoms in total. The zero-order valence-electron chi connectivity index (χ0n) is 10.2. The molecule has 0 radical (unpaired) electrons. The van der Waals surface area contributed by atoms with Gasteiger partial charge in [-0.3, -0.25) is 4.79 Å². The Morgan fingerprint density at radius 3 is 2.61 bits per heavy atom. The molecule has 0 fully saturated rings. The number of nitrogens with zero attached hydrogens (tertiary/aromatic N) is 3. The van der Waals surface area contributed by atoms with Crippen molar-refractivity contribution in [2.45, 2.75) is 0 Å². The molecule has 1 heterocycles. The number of anilines is 1. The van der Waals surface area contributed by atoms with Gasteiger partial charge in [-0.25, -0.2) is 9.97 Å². The van der Waals surface area contributed by atoms with E-state index in [0.717, 1.165) is 5.69 Å². The number of hydrogen-bond acceptors (Lipinski definition) is 4. The van der Waals surface area contributed by atoms with Gasteiger partial charge in [0, 0.05) is 18.8 Å². The second kappa shape index (κ2) is 5.27. The van der Waals surface area contributed by atoms with Crippen LogP contribution >= 0.6 is 0 Å². The van der Waals surface area contributed by atoms with Crippen LogP contribution in [0.3, 0.4) is 0 Å². The summed E-state index contributed by atoms with van der Waals surface area (Å²) in [6.45, 7) is 0. The van der Waals surface area contributed by atoms with Gasteiger partial charge >= 0.3 is 0 Å². The normalized spacial score (nSPS) is 9.89. The summed E-state index contributed by atoms with van der Waals surface area (Å²) < 4.78 is 4.97. The molecule has 0 saturated carbocycles. The molecular weight excluding hydrogens is 230 g/mol. The lowest BCUT2D eigenvalue weighted by atomic mass is 10.2. The Kier molecular flexibility index (Phi) is 3.52. The van der Waals surface area contributed by atoms with Crippen LogP contribution < -0.4 is 9.64 Å². The van der Waals surface area contributed by atoms with Crippen LogP contribution in [0.2, 0.25) is 0 Å². The van der Waals surface area contributed by atoms with Crippen molar-refractivity contribution in [3.05, 3.63) is 48.4 Å². The van der Waals surface area contributed by atoms with Crippen LogP contribution in [-0.2, 0) is 0 Å². The number of carbonyl (C=O) groups excluding carboxylic acids is 1. The molecule has 0 N–H and O–H groups in total. The first-order valence-electron chi connectivity index (χ1n) is 5.41. The van der Waals surface area contributed by atoms with E-state index in [2.05, 4.69) is 9.97 Å². The molecule has 1 aromatic heterocycles. The summed E-state index contributed by atoms with van der Waals surface area (Å²) in [7, 11) is 3.20.